The van der Waals surface area contributed by atoms with E-state index in [0.29, 0.717) is 0 Å². The fourth-order valence-corrected chi connectivity index (χ4v) is 21.0. The quantitative estimate of drug-likeness (QED) is 0.566. The van der Waals surface area contributed by atoms with E-state index in [4.69, 9.17) is 0 Å². The normalized spacial score (nSPS) is 13.8. The van der Waals surface area contributed by atoms with Gasteiger partial charge in [-0.05, 0) is 0 Å². The molecule has 0 unspecified atom stereocenters. The van der Waals surface area contributed by atoms with Gasteiger partial charge in [0.1, 0.15) is 0 Å². The van der Waals surface area contributed by atoms with Gasteiger partial charge in [-0.1, -0.05) is 0 Å². The van der Waals surface area contributed by atoms with Gasteiger partial charge in [0.25, 0.3) is 0 Å². The molecule has 0 atom stereocenters. The summed E-state index contributed by atoms with van der Waals surface area (Å²) in [5, 5.41) is 18.8. The molecular formula is C10H24O2Pb. The maximum atomic E-state index is 9.42. The average Bonchev–Trinajstić information content (AvgIpc) is 2.08. The minimum absolute atomic E-state index is 0.203. The van der Waals surface area contributed by atoms with Crippen molar-refractivity contribution in [2.24, 2.45) is 0 Å². The third-order valence-corrected chi connectivity index (χ3v) is 31.5. The topological polar surface area (TPSA) is 40.5 Å². The first-order chi connectivity index (χ1) is 5.88. The zero-order valence-electron chi connectivity index (χ0n) is 9.59. The van der Waals surface area contributed by atoms with Gasteiger partial charge in [0.2, 0.25) is 0 Å². The van der Waals surface area contributed by atoms with Crippen LogP contribution in [0.5, 0.6) is 0 Å². The Hall–Kier alpha value is 0.842. The molecule has 0 saturated heterocycles. The molecule has 0 aliphatic heterocycles. The Bertz CT molecular complexity index is 143. The Morgan fingerprint density at radius 3 is 1.38 bits per heavy atom. The van der Waals surface area contributed by atoms with E-state index in [1.807, 2.05) is 13.8 Å². The van der Waals surface area contributed by atoms with E-state index in [9.17, 15) is 10.2 Å². The van der Waals surface area contributed by atoms with Crippen LogP contribution in [0, 0.1) is 0 Å². The fraction of sp³-hybridized carbons (Fsp3) is 1.00. The van der Waals surface area contributed by atoms with Crippen LogP contribution in [0.1, 0.15) is 34.6 Å². The first kappa shape index (κ1) is 13.8. The molecule has 2 N–H and O–H groups in total. The third kappa shape index (κ3) is 2.45. The molecule has 0 aromatic rings. The van der Waals surface area contributed by atoms with Crippen LogP contribution in [0.3, 0.4) is 0 Å². The van der Waals surface area contributed by atoms with Crippen molar-refractivity contribution < 1.29 is 10.2 Å². The molecule has 0 heterocycles. The molecular weight excluding hydrogens is 359 g/mol. The molecule has 0 aromatic carbocycles. The second-order valence-corrected chi connectivity index (χ2v) is 27.6. The van der Waals surface area contributed by atoms with Crippen molar-refractivity contribution in [2.45, 2.75) is 55.8 Å². The molecule has 0 rings (SSSR count). The summed E-state index contributed by atoms with van der Waals surface area (Å²) < 4.78 is 3.44. The Morgan fingerprint density at radius 1 is 1.00 bits per heavy atom. The van der Waals surface area contributed by atoms with Crippen molar-refractivity contribution in [3.05, 3.63) is 0 Å². The van der Waals surface area contributed by atoms with Crippen molar-refractivity contribution in [1.29, 1.82) is 0 Å². The molecule has 3 heteroatoms. The molecule has 0 aromatic heterocycles. The molecule has 0 amide bonds. The summed E-state index contributed by atoms with van der Waals surface area (Å²) in [7, 11) is 0. The van der Waals surface area contributed by atoms with E-state index in [1.54, 1.807) is 0 Å². The van der Waals surface area contributed by atoms with Crippen molar-refractivity contribution in [3.8, 4) is 0 Å². The molecule has 80 valence electrons. The predicted octanol–water partition coefficient (Wildman–Crippen LogP) is 2.59. The number of hydrogen-bond donors (Lipinski definition) is 2. The minimum atomic E-state index is -2.44. The summed E-state index contributed by atoms with van der Waals surface area (Å²) in [5.74, 6) is 0. The SMILES string of the molecule is C[CH2][Pb]([CH2]C)([CH2]C)[C](C)(C)C(O)O. The number of aliphatic hydroxyl groups excluding tert-OH is 1. The summed E-state index contributed by atoms with van der Waals surface area (Å²) in [6.07, 6.45) is -1.13. The monoisotopic (exact) mass is 384 g/mol. The molecule has 0 bridgehead atoms. The molecule has 0 spiro atoms. The van der Waals surface area contributed by atoms with Crippen LogP contribution in [-0.2, 0) is 0 Å². The van der Waals surface area contributed by atoms with Gasteiger partial charge in [-0.25, -0.2) is 0 Å². The van der Waals surface area contributed by atoms with Crippen LogP contribution < -0.4 is 0 Å². The van der Waals surface area contributed by atoms with Gasteiger partial charge in [0.05, 0.1) is 0 Å². The van der Waals surface area contributed by atoms with Gasteiger partial charge in [0, 0.05) is 0 Å². The predicted molar refractivity (Wildman–Crippen MR) is 59.5 cm³/mol. The first-order valence-corrected chi connectivity index (χ1v) is 15.4. The second-order valence-electron chi connectivity index (χ2n) is 4.44. The number of aliphatic hydroxyl groups is 2. The van der Waals surface area contributed by atoms with Gasteiger partial charge in [-0.2, -0.15) is 0 Å². The van der Waals surface area contributed by atoms with Crippen LogP contribution in [0.25, 0.3) is 0 Å². The van der Waals surface area contributed by atoms with Crippen LogP contribution in [0.4, 0.5) is 0 Å². The van der Waals surface area contributed by atoms with Crippen molar-refractivity contribution in [3.63, 3.8) is 0 Å². The van der Waals surface area contributed by atoms with E-state index in [2.05, 4.69) is 20.8 Å². The molecule has 2 nitrogen and oxygen atoms in total. The number of hydrogen-bond acceptors (Lipinski definition) is 2. The standard InChI is InChI=1S/C4H9O2.3C2H5.Pb/c1-3(2)4(5)6;3*1-2;/h4-6H,1-2H3;3*1H2,2H3;. The Kier molecular flexibility index (Phi) is 5.40. The van der Waals surface area contributed by atoms with Crippen molar-refractivity contribution in [2.75, 3.05) is 0 Å². The van der Waals surface area contributed by atoms with Crippen LogP contribution in [0.15, 0.2) is 0 Å². The molecule has 13 heavy (non-hydrogen) atoms. The van der Waals surface area contributed by atoms with Gasteiger partial charge >= 0.3 is 87.2 Å². The average molecular weight is 384 g/mol. The third-order valence-electron chi connectivity index (χ3n) is 4.04. The van der Waals surface area contributed by atoms with E-state index >= 15 is 0 Å². The van der Waals surface area contributed by atoms with Gasteiger partial charge in [-0.3, -0.25) is 0 Å². The summed E-state index contributed by atoms with van der Waals surface area (Å²) in [6, 6.07) is 0. The summed E-state index contributed by atoms with van der Waals surface area (Å²) in [5.41, 5.74) is 0. The first-order valence-electron chi connectivity index (χ1n) is 5.24. The van der Waals surface area contributed by atoms with E-state index < -0.39 is 27.5 Å². The molecule has 0 aliphatic rings. The van der Waals surface area contributed by atoms with Gasteiger partial charge in [-0.15, -0.1) is 0 Å². The Labute approximate surface area is 87.0 Å². The summed E-state index contributed by atoms with van der Waals surface area (Å²) in [6.45, 7) is 10.7. The molecule has 0 aliphatic carbocycles. The van der Waals surface area contributed by atoms with Gasteiger partial charge < -0.3 is 0 Å². The van der Waals surface area contributed by atoms with Crippen LogP contribution >= 0.6 is 0 Å². The molecule has 0 fully saturated rings. The Balaban J connectivity index is 4.91. The zero-order chi connectivity index (χ0) is 10.7. The van der Waals surface area contributed by atoms with Crippen molar-refractivity contribution >= 4 is 21.2 Å². The second kappa shape index (κ2) is 5.07. The Morgan fingerprint density at radius 2 is 1.31 bits per heavy atom. The zero-order valence-corrected chi connectivity index (χ0v) is 13.5. The maximum absolute atomic E-state index is 9.42. The van der Waals surface area contributed by atoms with Crippen LogP contribution in [0.2, 0.25) is 14.9 Å². The summed E-state index contributed by atoms with van der Waals surface area (Å²) in [4.78, 5) is 0. The van der Waals surface area contributed by atoms with Gasteiger partial charge in [0.15, 0.2) is 0 Å². The number of rotatable bonds is 5. The van der Waals surface area contributed by atoms with Crippen LogP contribution in [-0.4, -0.2) is 37.7 Å². The molecule has 0 radical (unpaired) electrons. The van der Waals surface area contributed by atoms with E-state index in [1.165, 1.54) is 11.9 Å². The van der Waals surface area contributed by atoms with E-state index in [-0.39, 0.29) is 2.97 Å². The fourth-order valence-electron chi connectivity index (χ4n) is 2.39. The molecule has 0 saturated carbocycles. The summed E-state index contributed by atoms with van der Waals surface area (Å²) >= 11 is -2.44. The van der Waals surface area contributed by atoms with E-state index in [0.717, 1.165) is 0 Å². The van der Waals surface area contributed by atoms with Crippen molar-refractivity contribution in [1.82, 2.24) is 0 Å².